The molecule has 0 radical (unpaired) electrons. The van der Waals surface area contributed by atoms with Crippen molar-refractivity contribution in [2.24, 2.45) is 11.1 Å². The Morgan fingerprint density at radius 3 is 2.05 bits per heavy atom. The number of anilines is 1. The molecule has 3 atom stereocenters. The molecule has 0 bridgehead atoms. The highest BCUT2D eigenvalue weighted by molar-refractivity contribution is 6.74. The summed E-state index contributed by atoms with van der Waals surface area (Å²) in [5.74, 6) is 0.645. The zero-order chi connectivity index (χ0) is 40.4. The van der Waals surface area contributed by atoms with Crippen LogP contribution in [0.5, 0.6) is 11.5 Å². The highest BCUT2D eigenvalue weighted by Gasteiger charge is 2.51. The van der Waals surface area contributed by atoms with Gasteiger partial charge < -0.3 is 28.6 Å². The Morgan fingerprint density at radius 2 is 1.54 bits per heavy atom. The second-order valence-electron chi connectivity index (χ2n) is 15.5. The number of aromatic amines is 1. The molecule has 3 N–H and O–H groups in total. The largest absolute Gasteiger partial charge is 0.497 e. The van der Waals surface area contributed by atoms with Crippen LogP contribution in [0.1, 0.15) is 57.5 Å². The highest BCUT2D eigenvalue weighted by Crippen LogP contribution is 2.45. The lowest BCUT2D eigenvalue weighted by Gasteiger charge is -2.39. The molecule has 56 heavy (non-hydrogen) atoms. The molecule has 0 spiro atoms. The van der Waals surface area contributed by atoms with Gasteiger partial charge in [-0.05, 0) is 59.1 Å². The van der Waals surface area contributed by atoms with Gasteiger partial charge in [-0.15, -0.1) is 0 Å². The molecule has 1 aliphatic rings. The maximum atomic E-state index is 13.2. The van der Waals surface area contributed by atoms with Crippen LogP contribution in [0.3, 0.4) is 0 Å². The molecule has 6 rings (SSSR count). The molecular weight excluding hydrogens is 733 g/mol. The van der Waals surface area contributed by atoms with Gasteiger partial charge in [0.15, 0.2) is 25.7 Å². The van der Waals surface area contributed by atoms with Crippen LogP contribution in [-0.2, 0) is 24.3 Å². The second kappa shape index (κ2) is 16.0. The number of carbonyl (C=O) groups excluding carboxylic acids is 1. The zero-order valence-electron chi connectivity index (χ0n) is 33.2. The lowest BCUT2D eigenvalue weighted by atomic mass is 9.80. The molecular formula is C41H50N6O8Si. The van der Waals surface area contributed by atoms with E-state index in [1.807, 2.05) is 78.9 Å². The van der Waals surface area contributed by atoms with Gasteiger partial charge in [-0.1, -0.05) is 94.4 Å². The summed E-state index contributed by atoms with van der Waals surface area (Å²) in [5.41, 5.74) is 1.09. The number of carbonyl (C=O) groups is 1. The molecule has 5 aromatic rings. The maximum Gasteiger partial charge on any atom is 0.280 e. The number of oxime groups is 1. The summed E-state index contributed by atoms with van der Waals surface area (Å²) in [7, 11) is 0.641. The van der Waals surface area contributed by atoms with Crippen LogP contribution in [0.2, 0.25) is 18.1 Å². The normalized spacial score (nSPS) is 18.5. The van der Waals surface area contributed by atoms with Gasteiger partial charge in [0.1, 0.15) is 35.0 Å². The van der Waals surface area contributed by atoms with E-state index < -0.39 is 37.9 Å². The minimum absolute atomic E-state index is 0.0338. The number of aromatic nitrogens is 4. The molecule has 0 aliphatic carbocycles. The molecule has 296 valence electrons. The number of hydrogen-bond donors (Lipinski definition) is 3. The molecule has 1 saturated heterocycles. The van der Waals surface area contributed by atoms with Crippen molar-refractivity contribution >= 4 is 37.0 Å². The van der Waals surface area contributed by atoms with E-state index in [9.17, 15) is 14.8 Å². The van der Waals surface area contributed by atoms with Crippen molar-refractivity contribution in [3.63, 3.8) is 0 Å². The van der Waals surface area contributed by atoms with Gasteiger partial charge in [-0.2, -0.15) is 4.98 Å². The number of ether oxygens (including phenoxy) is 4. The van der Waals surface area contributed by atoms with E-state index in [0.717, 1.165) is 16.7 Å². The number of nitrogens with zero attached hydrogens (tertiary/aromatic N) is 4. The van der Waals surface area contributed by atoms with Crippen LogP contribution in [0.25, 0.3) is 11.2 Å². The summed E-state index contributed by atoms with van der Waals surface area (Å²) in [4.78, 5) is 37.4. The summed E-state index contributed by atoms with van der Waals surface area (Å²) in [6, 6.07) is 25.1. The first-order chi connectivity index (χ1) is 26.6. The number of amides is 1. The number of rotatable bonds is 13. The number of fused-ring (bicyclic) bond motifs is 1. The third-order valence-electron chi connectivity index (χ3n) is 10.6. The first kappa shape index (κ1) is 40.3. The van der Waals surface area contributed by atoms with Crippen LogP contribution in [0.15, 0.2) is 95.1 Å². The average molecular weight is 783 g/mol. The summed E-state index contributed by atoms with van der Waals surface area (Å²) < 4.78 is 33.5. The van der Waals surface area contributed by atoms with E-state index in [-0.39, 0.29) is 46.3 Å². The van der Waals surface area contributed by atoms with Crippen molar-refractivity contribution in [2.75, 3.05) is 26.1 Å². The Morgan fingerprint density at radius 1 is 0.964 bits per heavy atom. The number of hydrogen-bond acceptors (Lipinski definition) is 11. The van der Waals surface area contributed by atoms with Crippen molar-refractivity contribution in [1.29, 1.82) is 0 Å². The van der Waals surface area contributed by atoms with E-state index in [1.54, 1.807) is 32.6 Å². The number of nitrogens with one attached hydrogen (secondary N) is 2. The van der Waals surface area contributed by atoms with Gasteiger partial charge >= 0.3 is 0 Å². The van der Waals surface area contributed by atoms with Gasteiger partial charge in [0.25, 0.3) is 5.56 Å². The van der Waals surface area contributed by atoms with Gasteiger partial charge in [0, 0.05) is 5.92 Å². The quantitative estimate of drug-likeness (QED) is 0.0496. The molecule has 3 heterocycles. The van der Waals surface area contributed by atoms with Gasteiger partial charge in [0.05, 0.1) is 27.2 Å². The molecule has 1 amide bonds. The maximum absolute atomic E-state index is 13.2. The van der Waals surface area contributed by atoms with Crippen LogP contribution in [0.4, 0.5) is 5.95 Å². The van der Waals surface area contributed by atoms with Crippen LogP contribution < -0.4 is 20.3 Å². The predicted octanol–water partition coefficient (Wildman–Crippen LogP) is 6.86. The van der Waals surface area contributed by atoms with E-state index in [4.69, 9.17) is 23.4 Å². The number of methoxy groups -OCH3 is 2. The summed E-state index contributed by atoms with van der Waals surface area (Å²) in [6.45, 7) is 13.9. The smallest absolute Gasteiger partial charge is 0.280 e. The van der Waals surface area contributed by atoms with Crippen molar-refractivity contribution in [2.45, 2.75) is 76.8 Å². The predicted molar refractivity (Wildman–Crippen MR) is 215 cm³/mol. The van der Waals surface area contributed by atoms with Gasteiger partial charge in [0.2, 0.25) is 11.9 Å². The summed E-state index contributed by atoms with van der Waals surface area (Å²) in [6.07, 6.45) is -1.44. The van der Waals surface area contributed by atoms with E-state index >= 15 is 0 Å². The summed E-state index contributed by atoms with van der Waals surface area (Å²) >= 11 is 0. The Hall–Kier alpha value is -5.35. The van der Waals surface area contributed by atoms with Crippen LogP contribution in [0, 0.1) is 5.92 Å². The van der Waals surface area contributed by atoms with Crippen LogP contribution in [-0.4, -0.2) is 77.7 Å². The lowest BCUT2D eigenvalue weighted by molar-refractivity contribution is -0.118. The fourth-order valence-corrected chi connectivity index (χ4v) is 7.64. The monoisotopic (exact) mass is 782 g/mol. The standard InChI is InChI=1S/C41H50N6O8Si/c1-25(2)36(48)44-39-43-35-33(37(49)45-39)42-24-47(35)38-34(55-56(8,9)40(3,4)5)32(46-50)31(54-38)23-53-41(26-13-11-10-12-14-26,27-15-19-29(51-6)20-16-27)28-17-21-30(52-7)22-18-28/h10-22,24-25,31,34,38,50H,23H2,1-9H3,(H2,43,44,45,48,49)/t31-,34-,38-/m1/s1. The number of imidazole rings is 1. The SMILES string of the molecule is COc1ccc(C(OC[C@H]2O[C@@H](n3cnc4c(=O)[nH]c(NC(=O)C(C)C)nc43)[C@H](O[Si](C)(C)C(C)(C)C)C2=NO)(c2ccccc2)c2ccc(OC)cc2)cc1. The fourth-order valence-electron chi connectivity index (χ4n) is 6.42. The fraction of sp³-hybridized carbons (Fsp3) is 0.390. The zero-order valence-corrected chi connectivity index (χ0v) is 34.2. The second-order valence-corrected chi connectivity index (χ2v) is 20.3. The molecule has 1 aliphatic heterocycles. The Bertz CT molecular complexity index is 2180. The van der Waals surface area contributed by atoms with E-state index in [2.05, 4.69) is 59.3 Å². The van der Waals surface area contributed by atoms with Gasteiger partial charge in [-0.3, -0.25) is 24.5 Å². The minimum atomic E-state index is -2.59. The number of benzene rings is 3. The molecule has 2 aromatic heterocycles. The third-order valence-corrected chi connectivity index (χ3v) is 15.1. The molecule has 3 aromatic carbocycles. The molecule has 15 heteroatoms. The van der Waals surface area contributed by atoms with E-state index in [0.29, 0.717) is 11.5 Å². The number of H-pyrrole nitrogens is 1. The van der Waals surface area contributed by atoms with E-state index in [1.165, 1.54) is 6.33 Å². The average Bonchev–Trinajstić information content (AvgIpc) is 3.76. The van der Waals surface area contributed by atoms with Crippen molar-refractivity contribution < 1.29 is 33.4 Å². The first-order valence-electron chi connectivity index (χ1n) is 18.4. The van der Waals surface area contributed by atoms with Crippen molar-refractivity contribution in [3.05, 3.63) is 112 Å². The Kier molecular flexibility index (Phi) is 11.5. The third kappa shape index (κ3) is 7.71. The van der Waals surface area contributed by atoms with Gasteiger partial charge in [-0.25, -0.2) is 4.98 Å². The first-order valence-corrected chi connectivity index (χ1v) is 21.4. The van der Waals surface area contributed by atoms with Crippen molar-refractivity contribution in [3.8, 4) is 11.5 Å². The molecule has 0 saturated carbocycles. The minimum Gasteiger partial charge on any atom is -0.497 e. The van der Waals surface area contributed by atoms with Crippen molar-refractivity contribution in [1.82, 2.24) is 19.5 Å². The Labute approximate surface area is 327 Å². The Balaban J connectivity index is 1.47. The molecule has 0 unspecified atom stereocenters. The summed E-state index contributed by atoms with van der Waals surface area (Å²) in [5, 5.41) is 17.0. The molecule has 1 fully saturated rings. The van der Waals surface area contributed by atoms with Crippen LogP contribution >= 0.6 is 0 Å². The highest BCUT2D eigenvalue weighted by atomic mass is 28.4. The lowest BCUT2D eigenvalue weighted by Crippen LogP contribution is -2.47. The molecule has 14 nitrogen and oxygen atoms in total. The topological polar surface area (TPSA) is 171 Å².